The fraction of sp³-hybridized carbons (Fsp3) is 0.800. The van der Waals surface area contributed by atoms with Gasteiger partial charge in [0.05, 0.1) is 6.42 Å². The van der Waals surface area contributed by atoms with E-state index in [0.29, 0.717) is 6.42 Å². The maximum Gasteiger partial charge on any atom is 0.306 e. The quantitative estimate of drug-likeness (QED) is 0.590. The summed E-state index contributed by atoms with van der Waals surface area (Å²) < 4.78 is 10.3. The molecule has 2 aliphatic rings. The average Bonchev–Trinajstić information content (AvgIpc) is 2.45. The molecule has 1 aliphatic heterocycles. The molecule has 2 rings (SSSR count). The lowest BCUT2D eigenvalue weighted by Crippen LogP contribution is -2.35. The molecule has 3 atom stereocenters. The maximum absolute atomic E-state index is 11.1. The molecule has 78 valence electrons. The minimum Gasteiger partial charge on any atom is -0.462 e. The molecule has 14 heavy (non-hydrogen) atoms. The SMILES string of the molecule is CC(=O)OC1CCCC2OC(=O)CC12. The van der Waals surface area contributed by atoms with Gasteiger partial charge in [0.1, 0.15) is 12.2 Å². The van der Waals surface area contributed by atoms with Gasteiger partial charge in [-0.2, -0.15) is 0 Å². The average molecular weight is 198 g/mol. The van der Waals surface area contributed by atoms with Gasteiger partial charge in [-0.25, -0.2) is 0 Å². The maximum atomic E-state index is 11.1. The topological polar surface area (TPSA) is 52.6 Å². The minimum absolute atomic E-state index is 0.0133. The van der Waals surface area contributed by atoms with Gasteiger partial charge in [0, 0.05) is 12.8 Å². The summed E-state index contributed by atoms with van der Waals surface area (Å²) in [6.07, 6.45) is 3.01. The number of ether oxygens (including phenoxy) is 2. The first-order valence-corrected chi connectivity index (χ1v) is 5.03. The third kappa shape index (κ3) is 1.74. The molecular weight excluding hydrogens is 184 g/mol. The van der Waals surface area contributed by atoms with Crippen molar-refractivity contribution in [2.24, 2.45) is 5.92 Å². The molecule has 1 saturated carbocycles. The van der Waals surface area contributed by atoms with E-state index in [1.165, 1.54) is 6.92 Å². The van der Waals surface area contributed by atoms with Crippen LogP contribution < -0.4 is 0 Å². The summed E-state index contributed by atoms with van der Waals surface area (Å²) in [5.41, 5.74) is 0. The van der Waals surface area contributed by atoms with E-state index in [1.807, 2.05) is 0 Å². The lowest BCUT2D eigenvalue weighted by molar-refractivity contribution is -0.153. The summed E-state index contributed by atoms with van der Waals surface area (Å²) in [5, 5.41) is 0. The molecule has 0 aromatic rings. The molecule has 1 saturated heterocycles. The molecular formula is C10H14O4. The third-order valence-electron chi connectivity index (χ3n) is 2.93. The predicted molar refractivity (Wildman–Crippen MR) is 47.4 cm³/mol. The zero-order chi connectivity index (χ0) is 10.1. The first kappa shape index (κ1) is 9.49. The van der Waals surface area contributed by atoms with Gasteiger partial charge in [-0.15, -0.1) is 0 Å². The van der Waals surface area contributed by atoms with Gasteiger partial charge in [-0.3, -0.25) is 9.59 Å². The molecule has 0 spiro atoms. The Morgan fingerprint density at radius 1 is 1.50 bits per heavy atom. The lowest BCUT2D eigenvalue weighted by Gasteiger charge is -2.30. The fourth-order valence-corrected chi connectivity index (χ4v) is 2.37. The Labute approximate surface area is 82.6 Å². The Hall–Kier alpha value is -1.06. The number of carbonyl (C=O) groups excluding carboxylic acids is 2. The highest BCUT2D eigenvalue weighted by atomic mass is 16.6. The molecule has 2 fully saturated rings. The summed E-state index contributed by atoms with van der Waals surface area (Å²) in [6, 6.07) is 0. The molecule has 0 amide bonds. The van der Waals surface area contributed by atoms with Crippen LogP contribution in [0.2, 0.25) is 0 Å². The second kappa shape index (κ2) is 3.59. The molecule has 0 radical (unpaired) electrons. The normalized spacial score (nSPS) is 36.1. The van der Waals surface area contributed by atoms with E-state index < -0.39 is 0 Å². The van der Waals surface area contributed by atoms with E-state index in [9.17, 15) is 9.59 Å². The van der Waals surface area contributed by atoms with Gasteiger partial charge >= 0.3 is 11.9 Å². The van der Waals surface area contributed by atoms with Crippen LogP contribution in [-0.4, -0.2) is 24.1 Å². The van der Waals surface area contributed by atoms with Crippen molar-refractivity contribution in [2.45, 2.75) is 44.8 Å². The number of rotatable bonds is 1. The van der Waals surface area contributed by atoms with Crippen molar-refractivity contribution in [3.8, 4) is 0 Å². The van der Waals surface area contributed by atoms with Crippen molar-refractivity contribution < 1.29 is 19.1 Å². The third-order valence-corrected chi connectivity index (χ3v) is 2.93. The van der Waals surface area contributed by atoms with E-state index >= 15 is 0 Å². The van der Waals surface area contributed by atoms with Crippen molar-refractivity contribution in [3.63, 3.8) is 0 Å². The van der Waals surface area contributed by atoms with Crippen molar-refractivity contribution in [1.29, 1.82) is 0 Å². The standard InChI is InChI=1S/C10H14O4/c1-6(11)13-8-3-2-4-9-7(8)5-10(12)14-9/h7-9H,2-5H2,1H3. The van der Waals surface area contributed by atoms with Crippen LogP contribution in [0.4, 0.5) is 0 Å². The first-order valence-electron chi connectivity index (χ1n) is 5.03. The van der Waals surface area contributed by atoms with Crippen molar-refractivity contribution in [1.82, 2.24) is 0 Å². The Morgan fingerprint density at radius 3 is 3.00 bits per heavy atom. The Bertz CT molecular complexity index is 261. The predicted octanol–water partition coefficient (Wildman–Crippen LogP) is 1.03. The monoisotopic (exact) mass is 198 g/mol. The second-order valence-electron chi connectivity index (χ2n) is 3.98. The molecule has 4 nitrogen and oxygen atoms in total. The summed E-state index contributed by atoms with van der Waals surface area (Å²) in [5.74, 6) is -0.325. The van der Waals surface area contributed by atoms with E-state index in [4.69, 9.17) is 9.47 Å². The van der Waals surface area contributed by atoms with Crippen LogP contribution in [0.15, 0.2) is 0 Å². The second-order valence-corrected chi connectivity index (χ2v) is 3.98. The molecule has 1 heterocycles. The van der Waals surface area contributed by atoms with Crippen LogP contribution in [0.25, 0.3) is 0 Å². The number of fused-ring (bicyclic) bond motifs is 1. The highest BCUT2D eigenvalue weighted by Gasteiger charge is 2.43. The Balaban J connectivity index is 2.03. The van der Waals surface area contributed by atoms with Gasteiger partial charge in [0.2, 0.25) is 0 Å². The Kier molecular flexibility index (Phi) is 2.44. The number of hydrogen-bond donors (Lipinski definition) is 0. The van der Waals surface area contributed by atoms with Gasteiger partial charge in [0.15, 0.2) is 0 Å². The number of hydrogen-bond acceptors (Lipinski definition) is 4. The fourth-order valence-electron chi connectivity index (χ4n) is 2.37. The smallest absolute Gasteiger partial charge is 0.306 e. The van der Waals surface area contributed by atoms with Crippen molar-refractivity contribution in [2.75, 3.05) is 0 Å². The van der Waals surface area contributed by atoms with Gasteiger partial charge < -0.3 is 9.47 Å². The molecule has 1 aliphatic carbocycles. The number of carbonyl (C=O) groups is 2. The molecule has 0 N–H and O–H groups in total. The first-order chi connectivity index (χ1) is 6.66. The van der Waals surface area contributed by atoms with Crippen LogP contribution in [0.1, 0.15) is 32.6 Å². The summed E-state index contributed by atoms with van der Waals surface area (Å²) in [6.45, 7) is 1.40. The lowest BCUT2D eigenvalue weighted by atomic mass is 9.83. The zero-order valence-electron chi connectivity index (χ0n) is 8.19. The molecule has 4 heteroatoms. The van der Waals surface area contributed by atoms with E-state index in [1.54, 1.807) is 0 Å². The Morgan fingerprint density at radius 2 is 2.29 bits per heavy atom. The van der Waals surface area contributed by atoms with Gasteiger partial charge in [-0.05, 0) is 19.3 Å². The zero-order valence-corrected chi connectivity index (χ0v) is 8.19. The van der Waals surface area contributed by atoms with Crippen LogP contribution in [0.5, 0.6) is 0 Å². The van der Waals surface area contributed by atoms with Crippen LogP contribution in [-0.2, 0) is 19.1 Å². The van der Waals surface area contributed by atoms with E-state index in [-0.39, 0.29) is 30.1 Å². The summed E-state index contributed by atoms with van der Waals surface area (Å²) in [4.78, 5) is 21.9. The molecule has 3 unspecified atom stereocenters. The number of esters is 2. The summed E-state index contributed by atoms with van der Waals surface area (Å²) >= 11 is 0. The van der Waals surface area contributed by atoms with Crippen LogP contribution in [0, 0.1) is 5.92 Å². The van der Waals surface area contributed by atoms with Crippen molar-refractivity contribution >= 4 is 11.9 Å². The minimum atomic E-state index is -0.269. The van der Waals surface area contributed by atoms with E-state index in [0.717, 1.165) is 19.3 Å². The summed E-state index contributed by atoms with van der Waals surface area (Å²) in [7, 11) is 0. The molecule has 0 aromatic carbocycles. The van der Waals surface area contributed by atoms with Crippen LogP contribution >= 0.6 is 0 Å². The van der Waals surface area contributed by atoms with Crippen molar-refractivity contribution in [3.05, 3.63) is 0 Å². The highest BCUT2D eigenvalue weighted by molar-refractivity contribution is 5.72. The van der Waals surface area contributed by atoms with Gasteiger partial charge in [0.25, 0.3) is 0 Å². The largest absolute Gasteiger partial charge is 0.462 e. The molecule has 0 aromatic heterocycles. The van der Waals surface area contributed by atoms with Crippen LogP contribution in [0.3, 0.4) is 0 Å². The van der Waals surface area contributed by atoms with E-state index in [2.05, 4.69) is 0 Å². The molecule has 0 bridgehead atoms. The highest BCUT2D eigenvalue weighted by Crippen LogP contribution is 2.36. The van der Waals surface area contributed by atoms with Gasteiger partial charge in [-0.1, -0.05) is 0 Å².